The molecule has 19 heavy (non-hydrogen) atoms. The van der Waals surface area contributed by atoms with Gasteiger partial charge in [-0.2, -0.15) is 0 Å². The highest BCUT2D eigenvalue weighted by Crippen LogP contribution is 2.42. The average Bonchev–Trinajstić information content (AvgIpc) is 3.30. The number of carbonyl (C=O) groups is 1. The van der Waals surface area contributed by atoms with Crippen LogP contribution >= 0.6 is 0 Å². The van der Waals surface area contributed by atoms with Crippen LogP contribution in [0.5, 0.6) is 0 Å². The second-order valence-electron chi connectivity index (χ2n) is 6.04. The van der Waals surface area contributed by atoms with Gasteiger partial charge in [-0.15, -0.1) is 0 Å². The lowest BCUT2D eigenvalue weighted by Crippen LogP contribution is -2.60. The van der Waals surface area contributed by atoms with Crippen molar-refractivity contribution >= 4 is 5.97 Å². The molecule has 0 amide bonds. The van der Waals surface area contributed by atoms with Crippen molar-refractivity contribution in [3.63, 3.8) is 0 Å². The van der Waals surface area contributed by atoms with E-state index in [2.05, 4.69) is 17.1 Å². The van der Waals surface area contributed by atoms with E-state index in [4.69, 9.17) is 4.74 Å². The quantitative estimate of drug-likeness (QED) is 0.647. The van der Waals surface area contributed by atoms with Gasteiger partial charge in [-0.05, 0) is 51.6 Å². The first-order chi connectivity index (χ1) is 9.17. The van der Waals surface area contributed by atoms with Gasteiger partial charge in [0.05, 0.1) is 7.11 Å². The van der Waals surface area contributed by atoms with Crippen molar-refractivity contribution in [1.29, 1.82) is 0 Å². The summed E-state index contributed by atoms with van der Waals surface area (Å²) in [4.78, 5) is 14.8. The van der Waals surface area contributed by atoms with Gasteiger partial charge < -0.3 is 10.1 Å². The van der Waals surface area contributed by atoms with Gasteiger partial charge in [0.2, 0.25) is 0 Å². The molecule has 0 aliphatic heterocycles. The zero-order chi connectivity index (χ0) is 13.9. The van der Waals surface area contributed by atoms with E-state index in [9.17, 15) is 4.79 Å². The number of unbranched alkanes of at least 4 members (excludes halogenated alkanes) is 1. The molecule has 0 aromatic carbocycles. The maximum Gasteiger partial charge on any atom is 0.327 e. The number of nitrogens with one attached hydrogen (secondary N) is 1. The van der Waals surface area contributed by atoms with E-state index in [1.807, 2.05) is 7.05 Å². The predicted octanol–water partition coefficient (Wildman–Crippen LogP) is 1.79. The van der Waals surface area contributed by atoms with E-state index in [-0.39, 0.29) is 5.97 Å². The van der Waals surface area contributed by atoms with Gasteiger partial charge >= 0.3 is 5.97 Å². The molecule has 0 saturated heterocycles. The topological polar surface area (TPSA) is 41.6 Å². The minimum Gasteiger partial charge on any atom is -0.468 e. The van der Waals surface area contributed by atoms with Crippen LogP contribution in [0.1, 0.15) is 45.4 Å². The number of hydrogen-bond acceptors (Lipinski definition) is 4. The lowest BCUT2D eigenvalue weighted by Gasteiger charge is -2.36. The molecule has 0 aromatic heterocycles. The fourth-order valence-corrected chi connectivity index (χ4v) is 3.02. The van der Waals surface area contributed by atoms with Crippen molar-refractivity contribution in [2.24, 2.45) is 5.92 Å². The molecule has 2 saturated carbocycles. The number of nitrogens with zero attached hydrogens (tertiary/aromatic N) is 1. The summed E-state index contributed by atoms with van der Waals surface area (Å²) in [5.41, 5.74) is -0.481. The summed E-state index contributed by atoms with van der Waals surface area (Å²) in [6, 6.07) is 0.697. The smallest absolute Gasteiger partial charge is 0.327 e. The Hall–Kier alpha value is -0.610. The second kappa shape index (κ2) is 6.23. The molecule has 2 rings (SSSR count). The van der Waals surface area contributed by atoms with Gasteiger partial charge in [0.1, 0.15) is 5.54 Å². The molecule has 0 radical (unpaired) electrons. The van der Waals surface area contributed by atoms with Gasteiger partial charge in [0, 0.05) is 12.6 Å². The van der Waals surface area contributed by atoms with Crippen molar-refractivity contribution in [3.8, 4) is 0 Å². The molecule has 2 fully saturated rings. The van der Waals surface area contributed by atoms with Crippen LogP contribution in [0.2, 0.25) is 0 Å². The highest BCUT2D eigenvalue weighted by molar-refractivity contribution is 5.82. The highest BCUT2D eigenvalue weighted by Gasteiger charge is 2.52. The van der Waals surface area contributed by atoms with Crippen LogP contribution in [-0.2, 0) is 9.53 Å². The Kier molecular flexibility index (Phi) is 4.85. The Labute approximate surface area is 116 Å². The summed E-state index contributed by atoms with van der Waals surface area (Å²) in [6.45, 7) is 4.14. The molecule has 0 heterocycles. The van der Waals surface area contributed by atoms with Crippen molar-refractivity contribution in [2.75, 3.05) is 27.2 Å². The zero-order valence-corrected chi connectivity index (χ0v) is 12.6. The average molecular weight is 268 g/mol. The highest BCUT2D eigenvalue weighted by atomic mass is 16.5. The minimum absolute atomic E-state index is 0.0837. The molecule has 0 aromatic rings. The van der Waals surface area contributed by atoms with Gasteiger partial charge in [0.15, 0.2) is 0 Å². The summed E-state index contributed by atoms with van der Waals surface area (Å²) in [6.07, 6.45) is 7.27. The number of carbonyl (C=O) groups excluding carboxylic acids is 1. The maximum atomic E-state index is 12.3. The summed E-state index contributed by atoms with van der Waals surface area (Å²) < 4.78 is 5.09. The largest absolute Gasteiger partial charge is 0.468 e. The van der Waals surface area contributed by atoms with Gasteiger partial charge in [-0.25, -0.2) is 4.79 Å². The summed E-state index contributed by atoms with van der Waals surface area (Å²) >= 11 is 0. The fourth-order valence-electron chi connectivity index (χ4n) is 3.02. The van der Waals surface area contributed by atoms with E-state index >= 15 is 0 Å². The SMILES string of the molecule is CCCCN(CC(NC)(C(=O)OC)C1CC1)C1CC1. The Morgan fingerprint density at radius 3 is 2.47 bits per heavy atom. The minimum atomic E-state index is -0.481. The first-order valence-corrected chi connectivity index (χ1v) is 7.69. The lowest BCUT2D eigenvalue weighted by molar-refractivity contribution is -0.150. The molecule has 1 unspecified atom stereocenters. The van der Waals surface area contributed by atoms with Crippen molar-refractivity contribution in [2.45, 2.75) is 57.0 Å². The molecular weight excluding hydrogens is 240 g/mol. The first kappa shape index (κ1) is 14.8. The summed E-state index contributed by atoms with van der Waals surface area (Å²) in [7, 11) is 3.41. The summed E-state index contributed by atoms with van der Waals surface area (Å²) in [5.74, 6) is 0.368. The fraction of sp³-hybridized carbons (Fsp3) is 0.933. The Morgan fingerprint density at radius 2 is 2.05 bits per heavy atom. The second-order valence-corrected chi connectivity index (χ2v) is 6.04. The molecule has 2 aliphatic rings. The standard InChI is InChI=1S/C15H28N2O2/c1-4-5-10-17(13-8-9-13)11-15(16-2,12-6-7-12)14(18)19-3/h12-13,16H,4-11H2,1-3H3. The Morgan fingerprint density at radius 1 is 1.37 bits per heavy atom. The van der Waals surface area contributed by atoms with Crippen LogP contribution in [0, 0.1) is 5.92 Å². The maximum absolute atomic E-state index is 12.3. The van der Waals surface area contributed by atoms with E-state index in [1.165, 1.54) is 32.8 Å². The van der Waals surface area contributed by atoms with E-state index in [0.29, 0.717) is 12.0 Å². The third kappa shape index (κ3) is 3.29. The van der Waals surface area contributed by atoms with Crippen LogP contribution < -0.4 is 5.32 Å². The molecule has 0 spiro atoms. The van der Waals surface area contributed by atoms with Gasteiger partial charge in [-0.1, -0.05) is 13.3 Å². The van der Waals surface area contributed by atoms with Crippen LogP contribution in [-0.4, -0.2) is 49.7 Å². The van der Waals surface area contributed by atoms with Crippen LogP contribution in [0.15, 0.2) is 0 Å². The number of likely N-dealkylation sites (N-methyl/N-ethyl adjacent to an activating group) is 1. The third-order valence-corrected chi connectivity index (χ3v) is 4.58. The zero-order valence-electron chi connectivity index (χ0n) is 12.6. The summed E-state index contributed by atoms with van der Waals surface area (Å²) in [5, 5.41) is 3.30. The third-order valence-electron chi connectivity index (χ3n) is 4.58. The first-order valence-electron chi connectivity index (χ1n) is 7.69. The number of rotatable bonds is 9. The normalized spacial score (nSPS) is 22.3. The monoisotopic (exact) mass is 268 g/mol. The van der Waals surface area contributed by atoms with E-state index in [0.717, 1.165) is 25.9 Å². The number of ether oxygens (including phenoxy) is 1. The van der Waals surface area contributed by atoms with Crippen molar-refractivity contribution < 1.29 is 9.53 Å². The van der Waals surface area contributed by atoms with Crippen LogP contribution in [0.3, 0.4) is 0 Å². The number of esters is 1. The van der Waals surface area contributed by atoms with Crippen LogP contribution in [0.4, 0.5) is 0 Å². The molecule has 1 N–H and O–H groups in total. The molecule has 1 atom stereocenters. The van der Waals surface area contributed by atoms with Gasteiger partial charge in [-0.3, -0.25) is 4.90 Å². The van der Waals surface area contributed by atoms with Gasteiger partial charge in [0.25, 0.3) is 0 Å². The molecule has 2 aliphatic carbocycles. The molecule has 4 heteroatoms. The Bertz CT molecular complexity index is 313. The van der Waals surface area contributed by atoms with Crippen molar-refractivity contribution in [3.05, 3.63) is 0 Å². The molecule has 110 valence electrons. The van der Waals surface area contributed by atoms with Crippen LogP contribution in [0.25, 0.3) is 0 Å². The van der Waals surface area contributed by atoms with Crippen molar-refractivity contribution in [1.82, 2.24) is 10.2 Å². The molecule has 0 bridgehead atoms. The Balaban J connectivity index is 2.06. The molecular formula is C15H28N2O2. The number of methoxy groups -OCH3 is 1. The van der Waals surface area contributed by atoms with E-state index in [1.54, 1.807) is 0 Å². The predicted molar refractivity (Wildman–Crippen MR) is 76.0 cm³/mol. The molecule has 4 nitrogen and oxygen atoms in total. The number of hydrogen-bond donors (Lipinski definition) is 1. The van der Waals surface area contributed by atoms with E-state index < -0.39 is 5.54 Å². The lowest BCUT2D eigenvalue weighted by atomic mass is 9.92.